The molecule has 1 fully saturated rings. The molecule has 1 aromatic carbocycles. The largest absolute Gasteiger partial charge is 0.497 e. The van der Waals surface area contributed by atoms with Crippen molar-refractivity contribution in [3.63, 3.8) is 0 Å². The number of aromatic nitrogens is 5. The Balaban J connectivity index is 1.38. The van der Waals surface area contributed by atoms with Gasteiger partial charge in [0.05, 0.1) is 26.0 Å². The summed E-state index contributed by atoms with van der Waals surface area (Å²) >= 11 is 0. The number of piperidine rings is 1. The molecule has 1 aliphatic heterocycles. The molecule has 9 heteroatoms. The van der Waals surface area contributed by atoms with Crippen molar-refractivity contribution in [2.24, 2.45) is 10.9 Å². The molecule has 1 saturated heterocycles. The number of H-pyrrole nitrogens is 1. The average Bonchev–Trinajstić information content (AvgIpc) is 3.48. The van der Waals surface area contributed by atoms with Crippen molar-refractivity contribution in [1.29, 1.82) is 0 Å². The molecule has 30 heavy (non-hydrogen) atoms. The smallest absolute Gasteiger partial charge is 0.194 e. The number of ether oxygens (including phenoxy) is 1. The van der Waals surface area contributed by atoms with Gasteiger partial charge in [-0.3, -0.25) is 10.1 Å². The van der Waals surface area contributed by atoms with Gasteiger partial charge in [-0.05, 0) is 36.6 Å². The van der Waals surface area contributed by atoms with Gasteiger partial charge in [-0.2, -0.15) is 5.10 Å². The third-order valence-corrected chi connectivity index (χ3v) is 5.63. The molecule has 3 aromatic rings. The second-order valence-corrected chi connectivity index (χ2v) is 7.52. The Hall–Kier alpha value is -3.36. The number of nitrogens with one attached hydrogen (secondary N) is 2. The van der Waals surface area contributed by atoms with E-state index in [4.69, 9.17) is 4.74 Å². The molecule has 0 bridgehead atoms. The minimum absolute atomic E-state index is 0.381. The third kappa shape index (κ3) is 4.29. The van der Waals surface area contributed by atoms with E-state index in [1.54, 1.807) is 7.11 Å². The molecule has 4 rings (SSSR count). The van der Waals surface area contributed by atoms with Crippen molar-refractivity contribution in [2.45, 2.75) is 25.9 Å². The van der Waals surface area contributed by atoms with Gasteiger partial charge in [0.15, 0.2) is 11.8 Å². The number of imidazole rings is 1. The van der Waals surface area contributed by atoms with Gasteiger partial charge in [0.2, 0.25) is 0 Å². The van der Waals surface area contributed by atoms with Crippen LogP contribution in [-0.4, -0.2) is 62.8 Å². The summed E-state index contributed by atoms with van der Waals surface area (Å²) in [5.41, 5.74) is 0.941. The van der Waals surface area contributed by atoms with Gasteiger partial charge in [0.25, 0.3) is 0 Å². The lowest BCUT2D eigenvalue weighted by atomic mass is 9.93. The summed E-state index contributed by atoms with van der Waals surface area (Å²) in [4.78, 5) is 15.6. The van der Waals surface area contributed by atoms with Crippen molar-refractivity contribution in [3.05, 3.63) is 48.8 Å². The highest BCUT2D eigenvalue weighted by atomic mass is 16.5. The molecular weight excluding hydrogens is 380 g/mol. The van der Waals surface area contributed by atoms with Crippen molar-refractivity contribution in [3.8, 4) is 17.1 Å². The fraction of sp³-hybridized carbons (Fsp3) is 0.429. The molecular formula is C21H28N8O. The van der Waals surface area contributed by atoms with Crippen LogP contribution in [0.4, 0.5) is 0 Å². The summed E-state index contributed by atoms with van der Waals surface area (Å²) in [6.45, 7) is 4.69. The van der Waals surface area contributed by atoms with E-state index in [0.29, 0.717) is 24.3 Å². The molecule has 2 N–H and O–H groups in total. The molecule has 0 amide bonds. The van der Waals surface area contributed by atoms with E-state index in [1.807, 2.05) is 50.0 Å². The Morgan fingerprint density at radius 1 is 1.33 bits per heavy atom. The maximum Gasteiger partial charge on any atom is 0.194 e. The molecule has 0 saturated carbocycles. The lowest BCUT2D eigenvalue weighted by Crippen LogP contribution is -2.48. The number of aromatic amines is 1. The quantitative estimate of drug-likeness (QED) is 0.497. The molecule has 0 radical (unpaired) electrons. The number of hydrogen-bond donors (Lipinski definition) is 2. The number of rotatable bonds is 5. The molecule has 3 heterocycles. The summed E-state index contributed by atoms with van der Waals surface area (Å²) < 4.78 is 7.40. The Morgan fingerprint density at radius 2 is 2.17 bits per heavy atom. The molecule has 158 valence electrons. The van der Waals surface area contributed by atoms with E-state index in [0.717, 1.165) is 42.6 Å². The van der Waals surface area contributed by atoms with Gasteiger partial charge in [0, 0.05) is 38.1 Å². The lowest BCUT2D eigenvalue weighted by Gasteiger charge is -2.39. The molecule has 0 aliphatic carbocycles. The summed E-state index contributed by atoms with van der Waals surface area (Å²) in [6.07, 6.45) is 6.88. The van der Waals surface area contributed by atoms with Crippen LogP contribution in [0.2, 0.25) is 0 Å². The van der Waals surface area contributed by atoms with Crippen LogP contribution in [0.15, 0.2) is 48.0 Å². The fourth-order valence-electron chi connectivity index (χ4n) is 3.83. The Morgan fingerprint density at radius 3 is 2.87 bits per heavy atom. The lowest BCUT2D eigenvalue weighted by molar-refractivity contribution is 0.189. The van der Waals surface area contributed by atoms with Gasteiger partial charge in [0.1, 0.15) is 11.6 Å². The van der Waals surface area contributed by atoms with E-state index in [2.05, 4.69) is 46.9 Å². The summed E-state index contributed by atoms with van der Waals surface area (Å²) in [5, 5.41) is 10.8. The topological polar surface area (TPSA) is 96.2 Å². The highest BCUT2D eigenvalue weighted by molar-refractivity contribution is 5.80. The number of aliphatic imine (C=N–C) groups is 1. The minimum Gasteiger partial charge on any atom is -0.497 e. The number of nitrogens with zero attached hydrogens (tertiary/aromatic N) is 6. The second kappa shape index (κ2) is 8.98. The van der Waals surface area contributed by atoms with E-state index < -0.39 is 0 Å². The maximum atomic E-state index is 5.20. The number of likely N-dealkylation sites (tertiary alicyclic amines) is 1. The summed E-state index contributed by atoms with van der Waals surface area (Å²) in [6, 6.07) is 8.08. The first-order valence-electron chi connectivity index (χ1n) is 10.2. The number of benzene rings is 1. The van der Waals surface area contributed by atoms with Gasteiger partial charge < -0.3 is 19.5 Å². The van der Waals surface area contributed by atoms with Crippen LogP contribution >= 0.6 is 0 Å². The third-order valence-electron chi connectivity index (χ3n) is 5.63. The average molecular weight is 409 g/mol. The molecule has 2 aromatic heterocycles. The van der Waals surface area contributed by atoms with Crippen LogP contribution in [0.3, 0.4) is 0 Å². The standard InChI is InChI=1S/C21H28N8O/c1-15-8-10-28(13-18(15)29-11-9-23-14-29)21(22-2)24-12-19-25-20(27-26-19)16-4-6-17(30-3)7-5-16/h4-7,9,11,14-15,18H,8,10,12-13H2,1-3H3,(H,22,24)(H,25,26,27). The summed E-state index contributed by atoms with van der Waals surface area (Å²) in [5.74, 6) is 3.70. The van der Waals surface area contributed by atoms with E-state index in [-0.39, 0.29) is 0 Å². The Labute approximate surface area is 176 Å². The van der Waals surface area contributed by atoms with Crippen LogP contribution in [0.5, 0.6) is 5.75 Å². The van der Waals surface area contributed by atoms with Gasteiger partial charge in [-0.25, -0.2) is 9.97 Å². The highest BCUT2D eigenvalue weighted by Crippen LogP contribution is 2.27. The Kier molecular flexibility index (Phi) is 5.97. The molecule has 2 unspecified atom stereocenters. The number of guanidine groups is 1. The molecule has 0 spiro atoms. The van der Waals surface area contributed by atoms with Crippen LogP contribution in [0.1, 0.15) is 25.2 Å². The van der Waals surface area contributed by atoms with Crippen LogP contribution < -0.4 is 10.1 Å². The van der Waals surface area contributed by atoms with Crippen molar-refractivity contribution >= 4 is 5.96 Å². The first-order valence-corrected chi connectivity index (χ1v) is 10.2. The fourth-order valence-corrected chi connectivity index (χ4v) is 3.83. The second-order valence-electron chi connectivity index (χ2n) is 7.52. The first kappa shape index (κ1) is 19.9. The zero-order valence-corrected chi connectivity index (χ0v) is 17.6. The van der Waals surface area contributed by atoms with Crippen molar-refractivity contribution < 1.29 is 4.74 Å². The van der Waals surface area contributed by atoms with E-state index in [9.17, 15) is 0 Å². The van der Waals surface area contributed by atoms with E-state index in [1.165, 1.54) is 0 Å². The van der Waals surface area contributed by atoms with Gasteiger partial charge in [-0.1, -0.05) is 6.92 Å². The van der Waals surface area contributed by atoms with Crippen molar-refractivity contribution in [2.75, 3.05) is 27.2 Å². The highest BCUT2D eigenvalue weighted by Gasteiger charge is 2.28. The minimum atomic E-state index is 0.381. The van der Waals surface area contributed by atoms with Crippen molar-refractivity contribution in [1.82, 2.24) is 34.9 Å². The molecule has 1 aliphatic rings. The number of methoxy groups -OCH3 is 1. The van der Waals surface area contributed by atoms with Crippen LogP contribution in [0, 0.1) is 5.92 Å². The predicted molar refractivity (Wildman–Crippen MR) is 115 cm³/mol. The SMILES string of the molecule is CN=C(NCc1nc(-c2ccc(OC)cc2)n[nH]1)N1CCC(C)C(n2ccnc2)C1. The predicted octanol–water partition coefficient (Wildman–Crippen LogP) is 2.34. The molecule has 2 atom stereocenters. The van der Waals surface area contributed by atoms with E-state index >= 15 is 0 Å². The van der Waals surface area contributed by atoms with Gasteiger partial charge >= 0.3 is 0 Å². The monoisotopic (exact) mass is 408 g/mol. The zero-order valence-electron chi connectivity index (χ0n) is 17.6. The normalized spacial score (nSPS) is 19.7. The number of hydrogen-bond acceptors (Lipinski definition) is 5. The van der Waals surface area contributed by atoms with Crippen LogP contribution in [0.25, 0.3) is 11.4 Å². The first-order chi connectivity index (χ1) is 14.7. The Bertz CT molecular complexity index is 963. The molecule has 9 nitrogen and oxygen atoms in total. The van der Waals surface area contributed by atoms with Crippen LogP contribution in [-0.2, 0) is 6.54 Å². The van der Waals surface area contributed by atoms with Gasteiger partial charge in [-0.15, -0.1) is 0 Å². The zero-order chi connectivity index (χ0) is 20.9. The maximum absolute atomic E-state index is 5.20. The summed E-state index contributed by atoms with van der Waals surface area (Å²) in [7, 11) is 3.47.